The van der Waals surface area contributed by atoms with Crippen LogP contribution in [0.3, 0.4) is 0 Å². The summed E-state index contributed by atoms with van der Waals surface area (Å²) in [7, 11) is -1.68. The molecule has 0 atom stereocenters. The number of nitrogens with one attached hydrogen (secondary N) is 2. The minimum Gasteiger partial charge on any atom is -0.356 e. The van der Waals surface area contributed by atoms with Crippen LogP contribution in [0.5, 0.6) is 0 Å². The van der Waals surface area contributed by atoms with E-state index in [1.165, 1.54) is 4.31 Å². The molecular weight excluding hydrogens is 388 g/mol. The molecule has 0 radical (unpaired) electrons. The third kappa shape index (κ3) is 5.29. The SMILES string of the molecule is CN=C(NCCCn1nc(C)cc1C)NCCS(=O)(=O)N1CCc2ccccc21. The zero-order valence-electron chi connectivity index (χ0n) is 17.4. The molecule has 3 rings (SSSR count). The van der Waals surface area contributed by atoms with E-state index >= 15 is 0 Å². The smallest absolute Gasteiger partial charge is 0.236 e. The van der Waals surface area contributed by atoms with Gasteiger partial charge in [-0.15, -0.1) is 0 Å². The summed E-state index contributed by atoms with van der Waals surface area (Å²) >= 11 is 0. The molecule has 2 heterocycles. The number of aromatic nitrogens is 2. The zero-order chi connectivity index (χ0) is 20.9. The number of anilines is 1. The van der Waals surface area contributed by atoms with Gasteiger partial charge in [0.05, 0.1) is 17.1 Å². The van der Waals surface area contributed by atoms with Gasteiger partial charge in [-0.05, 0) is 44.4 Å². The lowest BCUT2D eigenvalue weighted by Crippen LogP contribution is -2.42. The first-order chi connectivity index (χ1) is 13.9. The minimum absolute atomic E-state index is 0.0216. The van der Waals surface area contributed by atoms with Gasteiger partial charge >= 0.3 is 0 Å². The molecule has 0 spiro atoms. The van der Waals surface area contributed by atoms with E-state index in [-0.39, 0.29) is 5.75 Å². The van der Waals surface area contributed by atoms with Crippen LogP contribution >= 0.6 is 0 Å². The van der Waals surface area contributed by atoms with E-state index in [1.54, 1.807) is 7.05 Å². The Bertz CT molecular complexity index is 967. The van der Waals surface area contributed by atoms with Gasteiger partial charge < -0.3 is 10.6 Å². The largest absolute Gasteiger partial charge is 0.356 e. The van der Waals surface area contributed by atoms with E-state index in [2.05, 4.69) is 26.8 Å². The Kier molecular flexibility index (Phi) is 6.79. The number of para-hydroxylation sites is 1. The Hall–Kier alpha value is -2.55. The molecule has 0 bridgehead atoms. The minimum atomic E-state index is -3.36. The van der Waals surface area contributed by atoms with E-state index in [4.69, 9.17) is 0 Å². The number of nitrogens with zero attached hydrogens (tertiary/aromatic N) is 4. The number of hydrogen-bond donors (Lipinski definition) is 2. The van der Waals surface area contributed by atoms with Crippen LogP contribution in [0.2, 0.25) is 0 Å². The highest BCUT2D eigenvalue weighted by atomic mass is 32.2. The Morgan fingerprint density at radius 1 is 1.21 bits per heavy atom. The van der Waals surface area contributed by atoms with Crippen LogP contribution in [-0.2, 0) is 23.0 Å². The molecule has 0 unspecified atom stereocenters. The summed E-state index contributed by atoms with van der Waals surface area (Å²) in [5.74, 6) is 0.628. The van der Waals surface area contributed by atoms with Crippen molar-refractivity contribution in [3.05, 3.63) is 47.3 Å². The molecule has 0 amide bonds. The highest BCUT2D eigenvalue weighted by Gasteiger charge is 2.28. The van der Waals surface area contributed by atoms with Gasteiger partial charge in [-0.1, -0.05) is 18.2 Å². The van der Waals surface area contributed by atoms with Gasteiger partial charge in [0.15, 0.2) is 5.96 Å². The fourth-order valence-electron chi connectivity index (χ4n) is 3.56. The van der Waals surface area contributed by atoms with Crippen molar-refractivity contribution in [2.24, 2.45) is 4.99 Å². The van der Waals surface area contributed by atoms with Crippen LogP contribution in [-0.4, -0.2) is 56.6 Å². The van der Waals surface area contributed by atoms with Crippen molar-refractivity contribution >= 4 is 21.7 Å². The second kappa shape index (κ2) is 9.30. The maximum atomic E-state index is 12.7. The van der Waals surface area contributed by atoms with Crippen molar-refractivity contribution in [1.82, 2.24) is 20.4 Å². The van der Waals surface area contributed by atoms with Gasteiger partial charge in [0, 0.05) is 38.9 Å². The molecule has 1 aromatic carbocycles. The molecule has 1 aromatic heterocycles. The summed E-state index contributed by atoms with van der Waals surface area (Å²) in [6.07, 6.45) is 1.66. The molecule has 0 saturated carbocycles. The average Bonchev–Trinajstić information content (AvgIpc) is 3.26. The van der Waals surface area contributed by atoms with Crippen molar-refractivity contribution in [3.8, 4) is 0 Å². The van der Waals surface area contributed by atoms with Gasteiger partial charge in [0.2, 0.25) is 10.0 Å². The van der Waals surface area contributed by atoms with Crippen molar-refractivity contribution in [3.63, 3.8) is 0 Å². The predicted octanol–water partition coefficient (Wildman–Crippen LogP) is 1.45. The van der Waals surface area contributed by atoms with Gasteiger partial charge in [-0.25, -0.2) is 8.42 Å². The maximum Gasteiger partial charge on any atom is 0.236 e. The number of fused-ring (bicyclic) bond motifs is 1. The molecule has 2 N–H and O–H groups in total. The summed E-state index contributed by atoms with van der Waals surface area (Å²) in [5, 5.41) is 10.8. The van der Waals surface area contributed by atoms with Gasteiger partial charge in [0.25, 0.3) is 0 Å². The summed E-state index contributed by atoms with van der Waals surface area (Å²) in [6.45, 7) is 6.41. The van der Waals surface area contributed by atoms with Crippen molar-refractivity contribution in [1.29, 1.82) is 0 Å². The normalized spacial score (nSPS) is 14.2. The summed E-state index contributed by atoms with van der Waals surface area (Å²) in [4.78, 5) is 4.17. The monoisotopic (exact) mass is 418 g/mol. The lowest BCUT2D eigenvalue weighted by molar-refractivity contribution is 0.555. The number of rotatable bonds is 8. The number of sulfonamides is 1. The third-order valence-corrected chi connectivity index (χ3v) is 6.77. The Morgan fingerprint density at radius 3 is 2.69 bits per heavy atom. The van der Waals surface area contributed by atoms with E-state index < -0.39 is 10.0 Å². The Labute approximate surface area is 173 Å². The van der Waals surface area contributed by atoms with E-state index in [0.717, 1.165) is 48.6 Å². The molecule has 8 nitrogen and oxygen atoms in total. The Morgan fingerprint density at radius 2 is 1.97 bits per heavy atom. The van der Waals surface area contributed by atoms with E-state index in [0.29, 0.717) is 19.0 Å². The maximum absolute atomic E-state index is 12.7. The number of hydrogen-bond acceptors (Lipinski definition) is 4. The first-order valence-electron chi connectivity index (χ1n) is 9.94. The predicted molar refractivity (Wildman–Crippen MR) is 117 cm³/mol. The van der Waals surface area contributed by atoms with E-state index in [1.807, 2.05) is 42.8 Å². The van der Waals surface area contributed by atoms with Crippen LogP contribution in [0.25, 0.3) is 0 Å². The zero-order valence-corrected chi connectivity index (χ0v) is 18.2. The molecule has 29 heavy (non-hydrogen) atoms. The first-order valence-corrected chi connectivity index (χ1v) is 11.6. The highest BCUT2D eigenvalue weighted by Crippen LogP contribution is 2.29. The Balaban J connectivity index is 1.42. The van der Waals surface area contributed by atoms with Gasteiger partial charge in [-0.2, -0.15) is 5.10 Å². The van der Waals surface area contributed by atoms with Crippen LogP contribution in [0, 0.1) is 13.8 Å². The van der Waals surface area contributed by atoms with E-state index in [9.17, 15) is 8.42 Å². The van der Waals surface area contributed by atoms with Crippen LogP contribution < -0.4 is 14.9 Å². The lowest BCUT2D eigenvalue weighted by Gasteiger charge is -2.20. The second-order valence-electron chi connectivity index (χ2n) is 7.20. The average molecular weight is 419 g/mol. The van der Waals surface area contributed by atoms with Crippen LogP contribution in [0.1, 0.15) is 23.4 Å². The number of guanidine groups is 1. The highest BCUT2D eigenvalue weighted by molar-refractivity contribution is 7.92. The molecule has 0 fully saturated rings. The third-order valence-electron chi connectivity index (χ3n) is 5.00. The fourth-order valence-corrected chi connectivity index (χ4v) is 4.99. The molecule has 1 aliphatic rings. The quantitative estimate of drug-likeness (QED) is 0.385. The topological polar surface area (TPSA) is 91.6 Å². The summed E-state index contributed by atoms with van der Waals surface area (Å²) in [5.41, 5.74) is 4.07. The molecule has 0 aliphatic carbocycles. The fraction of sp³-hybridized carbons (Fsp3) is 0.500. The van der Waals surface area contributed by atoms with Crippen molar-refractivity contribution in [2.45, 2.75) is 33.2 Å². The number of aliphatic imine (C=N–C) groups is 1. The molecule has 1 aliphatic heterocycles. The molecule has 158 valence electrons. The molecule has 9 heteroatoms. The second-order valence-corrected chi connectivity index (χ2v) is 9.21. The first kappa shape index (κ1) is 21.2. The van der Waals surface area contributed by atoms with Gasteiger partial charge in [-0.3, -0.25) is 14.0 Å². The van der Waals surface area contributed by atoms with Crippen molar-refractivity contribution in [2.75, 3.05) is 36.7 Å². The number of aryl methyl sites for hydroxylation is 3. The number of benzene rings is 1. The summed E-state index contributed by atoms with van der Waals surface area (Å²) < 4.78 is 29.0. The molecule has 0 saturated heterocycles. The van der Waals surface area contributed by atoms with Crippen LogP contribution in [0.4, 0.5) is 5.69 Å². The van der Waals surface area contributed by atoms with Crippen molar-refractivity contribution < 1.29 is 8.42 Å². The standard InChI is InChI=1S/C20H30N6O2S/c1-16-15-17(2)25(24-16)12-6-10-22-20(21-3)23-11-14-29(27,28)26-13-9-18-7-4-5-8-19(18)26/h4-5,7-8,15H,6,9-14H2,1-3H3,(H2,21,22,23). The molecule has 2 aromatic rings. The summed E-state index contributed by atoms with van der Waals surface area (Å²) in [6, 6.07) is 9.74. The van der Waals surface area contributed by atoms with Gasteiger partial charge in [0.1, 0.15) is 0 Å². The lowest BCUT2D eigenvalue weighted by atomic mass is 10.2. The van der Waals surface area contributed by atoms with Crippen LogP contribution in [0.15, 0.2) is 35.3 Å². The molecular formula is C20H30N6O2S.